The first-order valence-corrected chi connectivity index (χ1v) is 5.55. The SMILES string of the molecule is CCn1ncc(CNCc2ccco2)c1C. The van der Waals surface area contributed by atoms with E-state index in [-0.39, 0.29) is 0 Å². The van der Waals surface area contributed by atoms with E-state index in [1.54, 1.807) is 6.26 Å². The lowest BCUT2D eigenvalue weighted by Gasteiger charge is -2.03. The highest BCUT2D eigenvalue weighted by molar-refractivity contribution is 5.15. The minimum Gasteiger partial charge on any atom is -0.468 e. The van der Waals surface area contributed by atoms with Crippen molar-refractivity contribution in [2.24, 2.45) is 0 Å². The second kappa shape index (κ2) is 4.99. The molecule has 4 nitrogen and oxygen atoms in total. The monoisotopic (exact) mass is 219 g/mol. The predicted molar refractivity (Wildman–Crippen MR) is 61.9 cm³/mol. The lowest BCUT2D eigenvalue weighted by Crippen LogP contribution is -2.12. The van der Waals surface area contributed by atoms with Gasteiger partial charge in [0.1, 0.15) is 5.76 Å². The zero-order valence-corrected chi connectivity index (χ0v) is 9.73. The maximum atomic E-state index is 5.24. The van der Waals surface area contributed by atoms with Crippen molar-refractivity contribution in [3.63, 3.8) is 0 Å². The van der Waals surface area contributed by atoms with E-state index in [4.69, 9.17) is 4.42 Å². The normalized spacial score (nSPS) is 10.9. The number of hydrogen-bond acceptors (Lipinski definition) is 3. The van der Waals surface area contributed by atoms with Crippen molar-refractivity contribution in [2.75, 3.05) is 0 Å². The summed E-state index contributed by atoms with van der Waals surface area (Å²) in [6.07, 6.45) is 3.62. The summed E-state index contributed by atoms with van der Waals surface area (Å²) < 4.78 is 7.25. The Bertz CT molecular complexity index is 431. The third kappa shape index (κ3) is 2.33. The molecule has 1 N–H and O–H groups in total. The first kappa shape index (κ1) is 11.0. The van der Waals surface area contributed by atoms with Crippen molar-refractivity contribution in [2.45, 2.75) is 33.5 Å². The van der Waals surface area contributed by atoms with E-state index < -0.39 is 0 Å². The quantitative estimate of drug-likeness (QED) is 0.837. The Balaban J connectivity index is 1.87. The second-order valence-corrected chi connectivity index (χ2v) is 3.75. The van der Waals surface area contributed by atoms with Gasteiger partial charge in [-0.25, -0.2) is 0 Å². The second-order valence-electron chi connectivity index (χ2n) is 3.75. The Hall–Kier alpha value is -1.55. The standard InChI is InChI=1S/C12H17N3O/c1-3-15-10(2)11(8-14-15)7-13-9-12-5-4-6-16-12/h4-6,8,13H,3,7,9H2,1-2H3. The van der Waals surface area contributed by atoms with Gasteiger partial charge in [-0.3, -0.25) is 4.68 Å². The lowest BCUT2D eigenvalue weighted by atomic mass is 10.2. The van der Waals surface area contributed by atoms with Gasteiger partial charge in [0.15, 0.2) is 0 Å². The van der Waals surface area contributed by atoms with Crippen molar-refractivity contribution < 1.29 is 4.42 Å². The third-order valence-electron chi connectivity index (χ3n) is 2.70. The Morgan fingerprint density at radius 1 is 1.44 bits per heavy atom. The van der Waals surface area contributed by atoms with Gasteiger partial charge in [-0.1, -0.05) is 0 Å². The van der Waals surface area contributed by atoms with Crippen LogP contribution in [0.4, 0.5) is 0 Å². The molecule has 16 heavy (non-hydrogen) atoms. The van der Waals surface area contributed by atoms with Crippen LogP contribution in [0.25, 0.3) is 0 Å². The molecule has 2 aromatic heterocycles. The molecule has 0 aliphatic rings. The van der Waals surface area contributed by atoms with Crippen molar-refractivity contribution in [1.82, 2.24) is 15.1 Å². The van der Waals surface area contributed by atoms with E-state index in [0.29, 0.717) is 0 Å². The number of nitrogens with zero attached hydrogens (tertiary/aromatic N) is 2. The highest BCUT2D eigenvalue weighted by Gasteiger charge is 2.04. The molecule has 0 fully saturated rings. The highest BCUT2D eigenvalue weighted by atomic mass is 16.3. The lowest BCUT2D eigenvalue weighted by molar-refractivity contribution is 0.482. The molecule has 0 atom stereocenters. The molecule has 0 aromatic carbocycles. The van der Waals surface area contributed by atoms with Crippen LogP contribution in [-0.2, 0) is 19.6 Å². The average Bonchev–Trinajstić information content (AvgIpc) is 2.90. The molecule has 2 aromatic rings. The van der Waals surface area contributed by atoms with E-state index in [0.717, 1.165) is 25.4 Å². The molecule has 4 heteroatoms. The number of rotatable bonds is 5. The fourth-order valence-corrected chi connectivity index (χ4v) is 1.71. The molecule has 0 amide bonds. The van der Waals surface area contributed by atoms with Crippen LogP contribution in [0.1, 0.15) is 23.9 Å². The van der Waals surface area contributed by atoms with Gasteiger partial charge in [0.05, 0.1) is 19.0 Å². The van der Waals surface area contributed by atoms with Crippen molar-refractivity contribution in [3.05, 3.63) is 41.6 Å². The smallest absolute Gasteiger partial charge is 0.117 e. The molecular weight excluding hydrogens is 202 g/mol. The molecule has 2 rings (SSSR count). The Kier molecular flexibility index (Phi) is 3.41. The van der Waals surface area contributed by atoms with Gasteiger partial charge < -0.3 is 9.73 Å². The molecule has 0 unspecified atom stereocenters. The molecule has 0 aliphatic carbocycles. The number of aromatic nitrogens is 2. The number of nitrogens with one attached hydrogen (secondary N) is 1. The predicted octanol–water partition coefficient (Wildman–Crippen LogP) is 2.09. The van der Waals surface area contributed by atoms with Crippen LogP contribution in [0.15, 0.2) is 29.0 Å². The van der Waals surface area contributed by atoms with Gasteiger partial charge in [0, 0.05) is 24.3 Å². The molecule has 0 saturated heterocycles. The van der Waals surface area contributed by atoms with Crippen LogP contribution in [-0.4, -0.2) is 9.78 Å². The molecule has 0 aliphatic heterocycles. The average molecular weight is 219 g/mol. The fraction of sp³-hybridized carbons (Fsp3) is 0.417. The van der Waals surface area contributed by atoms with Crippen molar-refractivity contribution >= 4 is 0 Å². The molecule has 0 radical (unpaired) electrons. The van der Waals surface area contributed by atoms with E-state index in [9.17, 15) is 0 Å². The zero-order valence-electron chi connectivity index (χ0n) is 9.73. The van der Waals surface area contributed by atoms with Crippen LogP contribution >= 0.6 is 0 Å². The van der Waals surface area contributed by atoms with Crippen LogP contribution in [0.3, 0.4) is 0 Å². The molecular formula is C12H17N3O. The summed E-state index contributed by atoms with van der Waals surface area (Å²) in [5.41, 5.74) is 2.47. The van der Waals surface area contributed by atoms with Crippen LogP contribution in [0, 0.1) is 6.92 Å². The number of aryl methyl sites for hydroxylation is 1. The number of furan rings is 1. The fourth-order valence-electron chi connectivity index (χ4n) is 1.71. The van der Waals surface area contributed by atoms with Crippen molar-refractivity contribution in [1.29, 1.82) is 0 Å². The first-order valence-electron chi connectivity index (χ1n) is 5.55. The maximum Gasteiger partial charge on any atom is 0.117 e. The summed E-state index contributed by atoms with van der Waals surface area (Å²) in [5, 5.41) is 7.64. The van der Waals surface area contributed by atoms with E-state index in [2.05, 4.69) is 24.3 Å². The highest BCUT2D eigenvalue weighted by Crippen LogP contribution is 2.07. The largest absolute Gasteiger partial charge is 0.468 e. The van der Waals surface area contributed by atoms with Gasteiger partial charge >= 0.3 is 0 Å². The van der Waals surface area contributed by atoms with Crippen LogP contribution < -0.4 is 5.32 Å². The molecule has 0 bridgehead atoms. The van der Waals surface area contributed by atoms with Gasteiger partial charge in [0.25, 0.3) is 0 Å². The molecule has 2 heterocycles. The van der Waals surface area contributed by atoms with Gasteiger partial charge in [-0.05, 0) is 26.0 Å². The minimum absolute atomic E-state index is 0.754. The zero-order chi connectivity index (χ0) is 11.4. The van der Waals surface area contributed by atoms with Gasteiger partial charge in [0.2, 0.25) is 0 Å². The summed E-state index contributed by atoms with van der Waals surface area (Å²) >= 11 is 0. The van der Waals surface area contributed by atoms with E-state index >= 15 is 0 Å². The first-order chi connectivity index (χ1) is 7.81. The number of hydrogen-bond donors (Lipinski definition) is 1. The van der Waals surface area contributed by atoms with Gasteiger partial charge in [-0.15, -0.1) is 0 Å². The van der Waals surface area contributed by atoms with Crippen molar-refractivity contribution in [3.8, 4) is 0 Å². The third-order valence-corrected chi connectivity index (χ3v) is 2.70. The summed E-state index contributed by atoms with van der Waals surface area (Å²) in [4.78, 5) is 0. The van der Waals surface area contributed by atoms with Crippen LogP contribution in [0.5, 0.6) is 0 Å². The van der Waals surface area contributed by atoms with E-state index in [1.807, 2.05) is 23.0 Å². The maximum absolute atomic E-state index is 5.24. The summed E-state index contributed by atoms with van der Waals surface area (Å²) in [5.74, 6) is 0.959. The van der Waals surface area contributed by atoms with E-state index in [1.165, 1.54) is 11.3 Å². The molecule has 0 spiro atoms. The van der Waals surface area contributed by atoms with Gasteiger partial charge in [-0.2, -0.15) is 5.10 Å². The minimum atomic E-state index is 0.754. The summed E-state index contributed by atoms with van der Waals surface area (Å²) in [6, 6.07) is 3.87. The molecule has 0 saturated carbocycles. The Morgan fingerprint density at radius 3 is 2.94 bits per heavy atom. The van der Waals surface area contributed by atoms with Crippen LogP contribution in [0.2, 0.25) is 0 Å². The Morgan fingerprint density at radius 2 is 2.31 bits per heavy atom. The topological polar surface area (TPSA) is 43.0 Å². The summed E-state index contributed by atoms with van der Waals surface area (Å²) in [7, 11) is 0. The molecule has 86 valence electrons. The summed E-state index contributed by atoms with van der Waals surface area (Å²) in [6.45, 7) is 6.70. The Labute approximate surface area is 95.3 Å².